The second-order valence-electron chi connectivity index (χ2n) is 3.71. The van der Waals surface area contributed by atoms with E-state index in [1.54, 1.807) is 0 Å². The molecule has 2 N–H and O–H groups in total. The number of ketones is 1. The first-order chi connectivity index (χ1) is 8.90. The SMILES string of the molecule is O=C(CCBr)c1cccc(C(O)C(=O)O)c1C(F)F. The number of halogens is 3. The lowest BCUT2D eigenvalue weighted by Gasteiger charge is -2.15. The molecule has 4 nitrogen and oxygen atoms in total. The van der Waals surface area contributed by atoms with Crippen LogP contribution >= 0.6 is 15.9 Å². The van der Waals surface area contributed by atoms with E-state index in [2.05, 4.69) is 15.9 Å². The molecule has 0 saturated carbocycles. The molecule has 1 atom stereocenters. The fourth-order valence-electron chi connectivity index (χ4n) is 1.66. The zero-order valence-corrected chi connectivity index (χ0v) is 11.2. The molecule has 0 fully saturated rings. The van der Waals surface area contributed by atoms with E-state index >= 15 is 0 Å². The third-order valence-corrected chi connectivity index (χ3v) is 2.91. The van der Waals surface area contributed by atoms with Crippen LogP contribution in [0.15, 0.2) is 18.2 Å². The molecule has 0 saturated heterocycles. The van der Waals surface area contributed by atoms with Crippen LogP contribution in [0.1, 0.15) is 40.4 Å². The average molecular weight is 337 g/mol. The number of carboxylic acid groups (broad SMARTS) is 1. The van der Waals surface area contributed by atoms with Crippen molar-refractivity contribution in [1.82, 2.24) is 0 Å². The fourth-order valence-corrected chi connectivity index (χ4v) is 2.02. The maximum atomic E-state index is 13.0. The van der Waals surface area contributed by atoms with Gasteiger partial charge in [0.15, 0.2) is 11.9 Å². The number of hydrogen-bond donors (Lipinski definition) is 2. The highest BCUT2D eigenvalue weighted by Crippen LogP contribution is 2.31. The first kappa shape index (κ1) is 15.7. The predicted molar refractivity (Wildman–Crippen MR) is 66.7 cm³/mol. The number of carbonyl (C=O) groups excluding carboxylic acids is 1. The molecule has 0 aliphatic heterocycles. The number of benzene rings is 1. The maximum Gasteiger partial charge on any atom is 0.337 e. The summed E-state index contributed by atoms with van der Waals surface area (Å²) in [4.78, 5) is 22.4. The Morgan fingerprint density at radius 3 is 2.42 bits per heavy atom. The summed E-state index contributed by atoms with van der Waals surface area (Å²) in [5.41, 5.74) is -1.43. The molecule has 0 radical (unpaired) electrons. The van der Waals surface area contributed by atoms with Crippen LogP contribution in [-0.2, 0) is 4.79 Å². The largest absolute Gasteiger partial charge is 0.479 e. The van der Waals surface area contributed by atoms with E-state index in [1.807, 2.05) is 0 Å². The fraction of sp³-hybridized carbons (Fsp3) is 0.333. The highest BCUT2D eigenvalue weighted by molar-refractivity contribution is 9.09. The third kappa shape index (κ3) is 3.57. The zero-order chi connectivity index (χ0) is 14.6. The van der Waals surface area contributed by atoms with E-state index < -0.39 is 35.4 Å². The minimum absolute atomic E-state index is 0.00629. The van der Waals surface area contributed by atoms with Gasteiger partial charge in [0.1, 0.15) is 0 Å². The van der Waals surface area contributed by atoms with Gasteiger partial charge in [-0.3, -0.25) is 4.79 Å². The van der Waals surface area contributed by atoms with Crippen molar-refractivity contribution in [2.24, 2.45) is 0 Å². The Morgan fingerprint density at radius 2 is 1.95 bits per heavy atom. The van der Waals surface area contributed by atoms with Crippen LogP contribution in [0, 0.1) is 0 Å². The lowest BCUT2D eigenvalue weighted by molar-refractivity contribution is -0.147. The molecule has 1 aromatic carbocycles. The second-order valence-corrected chi connectivity index (χ2v) is 4.51. The van der Waals surface area contributed by atoms with E-state index in [9.17, 15) is 23.5 Å². The summed E-state index contributed by atoms with van der Waals surface area (Å²) in [5, 5.41) is 18.4. The molecular weight excluding hydrogens is 326 g/mol. The van der Waals surface area contributed by atoms with Gasteiger partial charge in [-0.15, -0.1) is 0 Å². The second kappa shape index (κ2) is 6.72. The highest BCUT2D eigenvalue weighted by atomic mass is 79.9. The Kier molecular flexibility index (Phi) is 5.56. The van der Waals surface area contributed by atoms with Gasteiger partial charge in [-0.25, -0.2) is 13.6 Å². The molecule has 0 amide bonds. The molecule has 1 rings (SSSR count). The Labute approximate surface area is 116 Å². The standard InChI is InChI=1S/C12H11BrF2O4/c13-5-4-8(16)6-2-1-3-7(9(6)11(14)15)10(17)12(18)19/h1-3,10-11,17H,4-5H2,(H,18,19). The molecule has 0 aromatic heterocycles. The lowest BCUT2D eigenvalue weighted by Crippen LogP contribution is -2.16. The number of carboxylic acids is 1. The van der Waals surface area contributed by atoms with Crippen LogP contribution in [0.25, 0.3) is 0 Å². The third-order valence-electron chi connectivity index (χ3n) is 2.51. The van der Waals surface area contributed by atoms with Crippen molar-refractivity contribution in [3.05, 3.63) is 34.9 Å². The number of aliphatic carboxylic acids is 1. The van der Waals surface area contributed by atoms with E-state index in [0.29, 0.717) is 5.33 Å². The highest BCUT2D eigenvalue weighted by Gasteiger charge is 2.27. The number of Topliss-reactive ketones (excluding diaryl/α,β-unsaturated/α-hetero) is 1. The molecule has 0 heterocycles. The number of rotatable bonds is 6. The van der Waals surface area contributed by atoms with Crippen LogP contribution in [-0.4, -0.2) is 27.3 Å². The quantitative estimate of drug-likeness (QED) is 0.618. The van der Waals surface area contributed by atoms with Crippen molar-refractivity contribution in [2.75, 3.05) is 5.33 Å². The summed E-state index contributed by atoms with van der Waals surface area (Å²) >= 11 is 3.03. The van der Waals surface area contributed by atoms with Crippen molar-refractivity contribution >= 4 is 27.7 Å². The summed E-state index contributed by atoms with van der Waals surface area (Å²) in [5.74, 6) is -2.18. The normalized spacial score (nSPS) is 12.5. The van der Waals surface area contributed by atoms with Gasteiger partial charge in [0.2, 0.25) is 0 Å². The number of aliphatic hydroxyl groups is 1. The Balaban J connectivity index is 3.37. The average Bonchev–Trinajstić information content (AvgIpc) is 2.36. The van der Waals surface area contributed by atoms with Crippen LogP contribution in [0.5, 0.6) is 0 Å². The summed E-state index contributed by atoms with van der Waals surface area (Å²) in [6, 6.07) is 3.55. The van der Waals surface area contributed by atoms with E-state index in [1.165, 1.54) is 12.1 Å². The van der Waals surface area contributed by atoms with Crippen LogP contribution in [0.4, 0.5) is 8.78 Å². The Bertz CT molecular complexity index is 491. The molecule has 1 unspecified atom stereocenters. The number of hydrogen-bond acceptors (Lipinski definition) is 3. The molecule has 1 aromatic rings. The summed E-state index contributed by atoms with van der Waals surface area (Å²) in [6.45, 7) is 0. The Hall–Kier alpha value is -1.34. The van der Waals surface area contributed by atoms with Gasteiger partial charge in [0, 0.05) is 28.4 Å². The topological polar surface area (TPSA) is 74.6 Å². The van der Waals surface area contributed by atoms with Gasteiger partial charge in [0.25, 0.3) is 6.43 Å². The smallest absolute Gasteiger partial charge is 0.337 e. The number of aliphatic hydroxyl groups excluding tert-OH is 1. The van der Waals surface area contributed by atoms with Crippen LogP contribution in [0.2, 0.25) is 0 Å². The number of carbonyl (C=O) groups is 2. The summed E-state index contributed by atoms with van der Waals surface area (Å²) < 4.78 is 26.1. The van der Waals surface area contributed by atoms with Gasteiger partial charge < -0.3 is 10.2 Å². The summed E-state index contributed by atoms with van der Waals surface area (Å²) in [7, 11) is 0. The van der Waals surface area contributed by atoms with Gasteiger partial charge in [-0.05, 0) is 0 Å². The lowest BCUT2D eigenvalue weighted by atomic mass is 9.94. The molecule has 104 valence electrons. The Morgan fingerprint density at radius 1 is 1.32 bits per heavy atom. The van der Waals surface area contributed by atoms with Crippen LogP contribution < -0.4 is 0 Å². The van der Waals surface area contributed by atoms with Crippen molar-refractivity contribution in [3.63, 3.8) is 0 Å². The molecule has 0 aliphatic carbocycles. The first-order valence-electron chi connectivity index (χ1n) is 5.31. The van der Waals surface area contributed by atoms with Crippen LogP contribution in [0.3, 0.4) is 0 Å². The summed E-state index contributed by atoms with van der Waals surface area (Å²) in [6.07, 6.45) is -5.12. The molecule has 0 spiro atoms. The van der Waals surface area contributed by atoms with Gasteiger partial charge >= 0.3 is 5.97 Å². The maximum absolute atomic E-state index is 13.0. The van der Waals surface area contributed by atoms with Crippen molar-refractivity contribution in [1.29, 1.82) is 0 Å². The van der Waals surface area contributed by atoms with Crippen molar-refractivity contribution in [2.45, 2.75) is 19.0 Å². The van der Waals surface area contributed by atoms with E-state index in [0.717, 1.165) is 6.07 Å². The van der Waals surface area contributed by atoms with Gasteiger partial charge in [-0.2, -0.15) is 0 Å². The minimum Gasteiger partial charge on any atom is -0.479 e. The molecule has 0 bridgehead atoms. The molecule has 19 heavy (non-hydrogen) atoms. The molecule has 7 heteroatoms. The minimum atomic E-state index is -3.04. The van der Waals surface area contributed by atoms with Gasteiger partial charge in [-0.1, -0.05) is 34.1 Å². The van der Waals surface area contributed by atoms with Gasteiger partial charge in [0.05, 0.1) is 0 Å². The monoisotopic (exact) mass is 336 g/mol. The number of alkyl halides is 3. The predicted octanol–water partition coefficient (Wildman–Crippen LogP) is 2.71. The molecular formula is C12H11BrF2O4. The van der Waals surface area contributed by atoms with Crippen molar-refractivity contribution in [3.8, 4) is 0 Å². The molecule has 0 aliphatic rings. The van der Waals surface area contributed by atoms with Crippen molar-refractivity contribution < 1.29 is 28.6 Å². The van der Waals surface area contributed by atoms with E-state index in [4.69, 9.17) is 5.11 Å². The first-order valence-corrected chi connectivity index (χ1v) is 6.43. The zero-order valence-electron chi connectivity index (χ0n) is 9.65. The van der Waals surface area contributed by atoms with E-state index in [-0.39, 0.29) is 12.0 Å².